The summed E-state index contributed by atoms with van der Waals surface area (Å²) in [5.74, 6) is -0.792. The Bertz CT molecular complexity index is 2020. The van der Waals surface area contributed by atoms with E-state index in [1.807, 2.05) is 74.5 Å². The minimum atomic E-state index is -0.861. The number of hydrogen-bond donors (Lipinski definition) is 0. The van der Waals surface area contributed by atoms with Crippen molar-refractivity contribution in [3.05, 3.63) is 108 Å². The van der Waals surface area contributed by atoms with Crippen LogP contribution in [0.15, 0.2) is 97.1 Å². The zero-order valence-corrected chi connectivity index (χ0v) is 35.3. The number of benzene rings is 3. The topological polar surface area (TPSA) is 196 Å². The number of hydrogen-bond acceptors (Lipinski definition) is 16. The summed E-state index contributed by atoms with van der Waals surface area (Å²) >= 11 is 0. The van der Waals surface area contributed by atoms with E-state index in [4.69, 9.17) is 37.9 Å². The molecule has 0 radical (unpaired) electrons. The van der Waals surface area contributed by atoms with Crippen LogP contribution in [-0.2, 0) is 38.1 Å². The molecule has 0 N–H and O–H groups in total. The third kappa shape index (κ3) is 15.5. The van der Waals surface area contributed by atoms with Gasteiger partial charge in [-0.25, -0.2) is 19.2 Å². The first-order valence-electron chi connectivity index (χ1n) is 19.4. The summed E-state index contributed by atoms with van der Waals surface area (Å²) in [4.78, 5) is 51.4. The maximum Gasteiger partial charge on any atom is 0.349 e. The van der Waals surface area contributed by atoms with Gasteiger partial charge in [-0.15, -0.1) is 0 Å². The monoisotopic (exact) mass is 850 g/mol. The fourth-order valence-electron chi connectivity index (χ4n) is 5.56. The minimum Gasteiger partial charge on any atom is -0.496 e. The number of nitriles is 2. The van der Waals surface area contributed by atoms with E-state index in [9.17, 15) is 29.7 Å². The average Bonchev–Trinajstić information content (AvgIpc) is 3.30. The van der Waals surface area contributed by atoms with Gasteiger partial charge in [-0.05, 0) is 74.5 Å². The van der Waals surface area contributed by atoms with Crippen molar-refractivity contribution in [1.29, 1.82) is 10.5 Å². The molecule has 0 heterocycles. The van der Waals surface area contributed by atoms with Crippen molar-refractivity contribution in [1.82, 2.24) is 0 Å². The van der Waals surface area contributed by atoms with E-state index in [-0.39, 0.29) is 37.6 Å². The van der Waals surface area contributed by atoms with Crippen LogP contribution in [0.3, 0.4) is 0 Å². The molecule has 3 aromatic rings. The summed E-state index contributed by atoms with van der Waals surface area (Å²) < 4.78 is 42.8. The molecule has 0 atom stereocenters. The minimum absolute atomic E-state index is 0.168. The number of esters is 4. The molecule has 16 nitrogen and oxygen atoms in total. The van der Waals surface area contributed by atoms with Crippen LogP contribution in [0, 0.1) is 22.7 Å². The number of rotatable bonds is 26. The molecule has 3 rings (SSSR count). The van der Waals surface area contributed by atoms with Gasteiger partial charge in [-0.2, -0.15) is 10.5 Å². The maximum atomic E-state index is 12.4. The van der Waals surface area contributed by atoms with Crippen LogP contribution in [0.1, 0.15) is 25.0 Å². The number of methoxy groups -OCH3 is 2. The van der Waals surface area contributed by atoms with E-state index in [0.717, 1.165) is 23.5 Å². The summed E-state index contributed by atoms with van der Waals surface area (Å²) in [6, 6.07) is 21.8. The van der Waals surface area contributed by atoms with Crippen LogP contribution >= 0.6 is 0 Å². The Morgan fingerprint density at radius 2 is 0.952 bits per heavy atom. The van der Waals surface area contributed by atoms with E-state index in [2.05, 4.69) is 23.0 Å². The number of carbonyl (C=O) groups is 4. The van der Waals surface area contributed by atoms with Gasteiger partial charge in [-0.3, -0.25) is 0 Å². The SMILES string of the molecule is C=CC(=O)OCCOC(=O)C(C#N)=Cc1ccc(N(CC)CCOc2ccc(OCCN(CC)c3ccc(C=C(C#N)C(=O)OCCOC(=O)C=C)c(OC)c3)cc2)cc1OC. The van der Waals surface area contributed by atoms with Gasteiger partial charge < -0.3 is 47.7 Å². The highest BCUT2D eigenvalue weighted by atomic mass is 16.6. The van der Waals surface area contributed by atoms with Crippen molar-refractivity contribution in [3.8, 4) is 35.1 Å². The Labute approximate surface area is 361 Å². The molecule has 0 saturated heterocycles. The predicted octanol–water partition coefficient (Wildman–Crippen LogP) is 5.87. The first-order chi connectivity index (χ1) is 30.0. The molecular weight excluding hydrogens is 801 g/mol. The molecule has 0 bridgehead atoms. The third-order valence-corrected chi connectivity index (χ3v) is 8.75. The second kappa shape index (κ2) is 26.4. The van der Waals surface area contributed by atoms with Gasteiger partial charge in [0.15, 0.2) is 0 Å². The van der Waals surface area contributed by atoms with Gasteiger partial charge in [0.25, 0.3) is 0 Å². The van der Waals surface area contributed by atoms with E-state index in [1.165, 1.54) is 26.4 Å². The van der Waals surface area contributed by atoms with Crippen LogP contribution in [0.25, 0.3) is 12.2 Å². The molecule has 0 fully saturated rings. The van der Waals surface area contributed by atoms with Crippen LogP contribution in [0.2, 0.25) is 0 Å². The average molecular weight is 851 g/mol. The Morgan fingerprint density at radius 3 is 1.27 bits per heavy atom. The lowest BCUT2D eigenvalue weighted by Gasteiger charge is -2.24. The normalized spacial score (nSPS) is 10.8. The smallest absolute Gasteiger partial charge is 0.349 e. The van der Waals surface area contributed by atoms with Crippen molar-refractivity contribution in [3.63, 3.8) is 0 Å². The fourth-order valence-corrected chi connectivity index (χ4v) is 5.56. The molecule has 0 unspecified atom stereocenters. The lowest BCUT2D eigenvalue weighted by atomic mass is 10.1. The lowest BCUT2D eigenvalue weighted by molar-refractivity contribution is -0.146. The number of carbonyl (C=O) groups excluding carboxylic acids is 4. The van der Waals surface area contributed by atoms with Crippen molar-refractivity contribution < 1.29 is 57.1 Å². The second-order valence-corrected chi connectivity index (χ2v) is 12.5. The van der Waals surface area contributed by atoms with Crippen LogP contribution in [0.5, 0.6) is 23.0 Å². The van der Waals surface area contributed by atoms with Crippen molar-refractivity contribution >= 4 is 47.4 Å². The molecule has 3 aromatic carbocycles. The van der Waals surface area contributed by atoms with Crippen molar-refractivity contribution in [2.45, 2.75) is 13.8 Å². The number of nitrogens with zero attached hydrogens (tertiary/aromatic N) is 4. The molecule has 0 aliphatic heterocycles. The maximum absolute atomic E-state index is 12.4. The Hall–Kier alpha value is -7.72. The molecular formula is C46H50N4O12. The predicted molar refractivity (Wildman–Crippen MR) is 231 cm³/mol. The van der Waals surface area contributed by atoms with Crippen LogP contribution < -0.4 is 28.7 Å². The van der Waals surface area contributed by atoms with Crippen molar-refractivity contribution in [2.75, 3.05) is 89.8 Å². The fraction of sp³-hybridized carbons (Fsp3) is 0.304. The Morgan fingerprint density at radius 1 is 0.581 bits per heavy atom. The number of ether oxygens (including phenoxy) is 8. The van der Waals surface area contributed by atoms with E-state index in [0.29, 0.717) is 73.5 Å². The van der Waals surface area contributed by atoms with Gasteiger partial charge in [-0.1, -0.05) is 13.2 Å². The Balaban J connectivity index is 1.53. The lowest BCUT2D eigenvalue weighted by Crippen LogP contribution is -2.28. The molecule has 0 saturated carbocycles. The quantitative estimate of drug-likeness (QED) is 0.0305. The molecule has 0 aliphatic rings. The molecule has 326 valence electrons. The van der Waals surface area contributed by atoms with Gasteiger partial charge in [0.1, 0.15) is 85.9 Å². The zero-order valence-electron chi connectivity index (χ0n) is 35.3. The molecule has 62 heavy (non-hydrogen) atoms. The second-order valence-electron chi connectivity index (χ2n) is 12.5. The zero-order chi connectivity index (χ0) is 45.3. The third-order valence-electron chi connectivity index (χ3n) is 8.75. The first kappa shape index (κ1) is 48.6. The van der Waals surface area contributed by atoms with Gasteiger partial charge in [0.05, 0.1) is 27.3 Å². The molecule has 0 aliphatic carbocycles. The highest BCUT2D eigenvalue weighted by Crippen LogP contribution is 2.29. The highest BCUT2D eigenvalue weighted by molar-refractivity contribution is 5.99. The summed E-state index contributed by atoms with van der Waals surface area (Å²) in [5.41, 5.74) is 2.21. The molecule has 0 amide bonds. The number of anilines is 2. The van der Waals surface area contributed by atoms with E-state index in [1.54, 1.807) is 12.1 Å². The first-order valence-corrected chi connectivity index (χ1v) is 19.4. The molecule has 16 heteroatoms. The summed E-state index contributed by atoms with van der Waals surface area (Å²) in [5, 5.41) is 19.1. The van der Waals surface area contributed by atoms with Crippen LogP contribution in [0.4, 0.5) is 11.4 Å². The van der Waals surface area contributed by atoms with Gasteiger partial charge in [0, 0.05) is 59.9 Å². The standard InChI is InChI=1S/C46H50N4O12/c1-7-43(51)59-23-25-61-45(53)35(31-47)27-33-11-13-37(29-41(33)55-5)49(9-3)19-21-57-39-15-17-40(18-16-39)58-22-20-50(10-4)38-14-12-34(42(30-38)56-6)28-36(32-48)46(54)62-26-24-60-44(52)8-2/h7-8,11-18,27-30H,1-2,9-10,19-26H2,3-6H3. The number of likely N-dealkylation sites (N-methyl/N-ethyl adjacent to an activating group) is 2. The summed E-state index contributed by atoms with van der Waals surface area (Å²) in [6.45, 7) is 13.0. The largest absolute Gasteiger partial charge is 0.496 e. The summed E-state index contributed by atoms with van der Waals surface area (Å²) in [7, 11) is 2.99. The summed E-state index contributed by atoms with van der Waals surface area (Å²) in [6.07, 6.45) is 4.74. The van der Waals surface area contributed by atoms with Crippen LogP contribution in [-0.4, -0.2) is 104 Å². The van der Waals surface area contributed by atoms with Gasteiger partial charge in [0.2, 0.25) is 0 Å². The Kier molecular flexibility index (Phi) is 20.7. The van der Waals surface area contributed by atoms with E-state index < -0.39 is 23.9 Å². The van der Waals surface area contributed by atoms with E-state index >= 15 is 0 Å². The van der Waals surface area contributed by atoms with Crippen molar-refractivity contribution in [2.24, 2.45) is 0 Å². The highest BCUT2D eigenvalue weighted by Gasteiger charge is 2.16. The molecule has 0 aromatic heterocycles. The molecule has 0 spiro atoms. The van der Waals surface area contributed by atoms with Gasteiger partial charge >= 0.3 is 23.9 Å².